The zero-order chi connectivity index (χ0) is 16.9. The molecule has 0 saturated carbocycles. The molecule has 0 aromatic heterocycles. The number of anilines is 2. The fraction of sp³-hybridized carbons (Fsp3) is 0.263. The molecule has 3 rings (SSSR count). The number of primary amides is 1. The molecule has 2 amide bonds. The van der Waals surface area contributed by atoms with Crippen LogP contribution in [0.2, 0.25) is 0 Å². The molecule has 1 saturated heterocycles. The summed E-state index contributed by atoms with van der Waals surface area (Å²) in [6, 6.07) is 14.3. The second-order valence-corrected chi connectivity index (χ2v) is 5.96. The molecule has 0 spiro atoms. The van der Waals surface area contributed by atoms with Gasteiger partial charge in [-0.3, -0.25) is 9.59 Å². The van der Waals surface area contributed by atoms with Crippen LogP contribution in [0.25, 0.3) is 0 Å². The summed E-state index contributed by atoms with van der Waals surface area (Å²) in [7, 11) is 0. The lowest BCUT2D eigenvalue weighted by Crippen LogP contribution is -2.30. The summed E-state index contributed by atoms with van der Waals surface area (Å²) in [6.45, 7) is 2.01. The minimum Gasteiger partial charge on any atom is -0.370 e. The molecule has 0 radical (unpaired) electrons. The lowest BCUT2D eigenvalue weighted by Gasteiger charge is -2.30. The Kier molecular flexibility index (Phi) is 4.79. The molecule has 0 unspecified atom stereocenters. The summed E-state index contributed by atoms with van der Waals surface area (Å²) < 4.78 is 0. The summed E-state index contributed by atoms with van der Waals surface area (Å²) >= 11 is 0. The number of carbonyl (C=O) groups excluding carboxylic acids is 2. The fourth-order valence-electron chi connectivity index (χ4n) is 3.00. The van der Waals surface area contributed by atoms with Crippen LogP contribution in [-0.4, -0.2) is 24.9 Å². The van der Waals surface area contributed by atoms with Gasteiger partial charge < -0.3 is 16.0 Å². The maximum Gasteiger partial charge on any atom is 0.255 e. The lowest BCUT2D eigenvalue weighted by atomic mass is 10.1. The summed E-state index contributed by atoms with van der Waals surface area (Å²) in [4.78, 5) is 26.1. The van der Waals surface area contributed by atoms with Crippen LogP contribution in [0.3, 0.4) is 0 Å². The normalized spacial score (nSPS) is 14.2. The largest absolute Gasteiger partial charge is 0.370 e. The number of nitrogens with one attached hydrogen (secondary N) is 1. The molecule has 124 valence electrons. The second-order valence-electron chi connectivity index (χ2n) is 5.96. The first-order valence-electron chi connectivity index (χ1n) is 8.20. The summed E-state index contributed by atoms with van der Waals surface area (Å²) in [5, 5.41) is 2.96. The Hall–Kier alpha value is -2.82. The van der Waals surface area contributed by atoms with Gasteiger partial charge in [-0.25, -0.2) is 0 Å². The number of benzene rings is 2. The highest BCUT2D eigenvalue weighted by molar-refractivity contribution is 6.07. The maximum absolute atomic E-state index is 12.5. The first-order chi connectivity index (χ1) is 11.6. The number of rotatable bonds is 4. The lowest BCUT2D eigenvalue weighted by molar-refractivity contribution is 0.1000. The van der Waals surface area contributed by atoms with Crippen molar-refractivity contribution in [3.8, 4) is 0 Å². The molecular formula is C19H21N3O2. The van der Waals surface area contributed by atoms with Gasteiger partial charge in [0, 0.05) is 24.2 Å². The Morgan fingerprint density at radius 2 is 1.62 bits per heavy atom. The van der Waals surface area contributed by atoms with E-state index in [1.807, 2.05) is 24.3 Å². The van der Waals surface area contributed by atoms with Crippen molar-refractivity contribution in [3.05, 3.63) is 59.7 Å². The molecule has 3 N–H and O–H groups in total. The Morgan fingerprint density at radius 1 is 0.917 bits per heavy atom. The Morgan fingerprint density at radius 3 is 2.38 bits per heavy atom. The van der Waals surface area contributed by atoms with Crippen molar-refractivity contribution in [2.75, 3.05) is 23.3 Å². The molecule has 1 aliphatic rings. The van der Waals surface area contributed by atoms with Gasteiger partial charge >= 0.3 is 0 Å². The predicted octanol–water partition coefficient (Wildman–Crippen LogP) is 3.03. The quantitative estimate of drug-likeness (QED) is 0.908. The number of para-hydroxylation sites is 2. The number of nitrogens with two attached hydrogens (primary N) is 1. The van der Waals surface area contributed by atoms with E-state index in [0.29, 0.717) is 11.1 Å². The number of carbonyl (C=O) groups is 2. The zero-order valence-corrected chi connectivity index (χ0v) is 13.5. The van der Waals surface area contributed by atoms with Crippen LogP contribution in [0, 0.1) is 0 Å². The molecule has 0 aliphatic carbocycles. The number of piperidine rings is 1. The SMILES string of the molecule is NC(=O)c1cccc(C(=O)Nc2ccccc2N2CCCCC2)c1. The molecule has 1 aliphatic heterocycles. The van der Waals surface area contributed by atoms with Crippen molar-refractivity contribution in [2.45, 2.75) is 19.3 Å². The van der Waals surface area contributed by atoms with Gasteiger partial charge in [-0.15, -0.1) is 0 Å². The molecule has 0 atom stereocenters. The third kappa shape index (κ3) is 3.56. The summed E-state index contributed by atoms with van der Waals surface area (Å²) in [5.41, 5.74) is 7.85. The van der Waals surface area contributed by atoms with Crippen molar-refractivity contribution in [1.29, 1.82) is 0 Å². The molecule has 5 heteroatoms. The molecule has 2 aromatic rings. The molecule has 1 heterocycles. The van der Waals surface area contributed by atoms with Gasteiger partial charge in [0.1, 0.15) is 0 Å². The third-order valence-electron chi connectivity index (χ3n) is 4.26. The monoisotopic (exact) mass is 323 g/mol. The standard InChI is InChI=1S/C19H21N3O2/c20-18(23)14-7-6-8-15(13-14)19(24)21-16-9-2-3-10-17(16)22-11-4-1-5-12-22/h2-3,6-10,13H,1,4-5,11-12H2,(H2,20,23)(H,21,24). The van der Waals surface area contributed by atoms with Crippen LogP contribution in [0.5, 0.6) is 0 Å². The van der Waals surface area contributed by atoms with E-state index in [9.17, 15) is 9.59 Å². The fourth-order valence-corrected chi connectivity index (χ4v) is 3.00. The maximum atomic E-state index is 12.5. The topological polar surface area (TPSA) is 75.4 Å². The zero-order valence-electron chi connectivity index (χ0n) is 13.5. The highest BCUT2D eigenvalue weighted by Crippen LogP contribution is 2.28. The average Bonchev–Trinajstić information content (AvgIpc) is 2.63. The first-order valence-corrected chi connectivity index (χ1v) is 8.20. The van der Waals surface area contributed by atoms with Crippen LogP contribution in [-0.2, 0) is 0 Å². The summed E-state index contributed by atoms with van der Waals surface area (Å²) in [5.74, 6) is -0.791. The van der Waals surface area contributed by atoms with Crippen LogP contribution >= 0.6 is 0 Å². The van der Waals surface area contributed by atoms with Crippen molar-refractivity contribution >= 4 is 23.2 Å². The van der Waals surface area contributed by atoms with Gasteiger partial charge in [-0.05, 0) is 49.6 Å². The number of hydrogen-bond acceptors (Lipinski definition) is 3. The summed E-state index contributed by atoms with van der Waals surface area (Å²) in [6.07, 6.45) is 3.59. The van der Waals surface area contributed by atoms with Crippen molar-refractivity contribution in [3.63, 3.8) is 0 Å². The van der Waals surface area contributed by atoms with E-state index in [2.05, 4.69) is 10.2 Å². The van der Waals surface area contributed by atoms with Gasteiger partial charge in [0.05, 0.1) is 11.4 Å². The van der Waals surface area contributed by atoms with Gasteiger partial charge in [0.15, 0.2) is 0 Å². The molecule has 2 aromatic carbocycles. The van der Waals surface area contributed by atoms with E-state index < -0.39 is 5.91 Å². The van der Waals surface area contributed by atoms with E-state index >= 15 is 0 Å². The average molecular weight is 323 g/mol. The molecular weight excluding hydrogens is 302 g/mol. The van der Waals surface area contributed by atoms with E-state index in [-0.39, 0.29) is 5.91 Å². The van der Waals surface area contributed by atoms with E-state index in [1.54, 1.807) is 18.2 Å². The van der Waals surface area contributed by atoms with E-state index in [1.165, 1.54) is 25.3 Å². The number of amides is 2. The van der Waals surface area contributed by atoms with Gasteiger partial charge in [-0.1, -0.05) is 18.2 Å². The van der Waals surface area contributed by atoms with E-state index in [4.69, 9.17) is 5.73 Å². The highest BCUT2D eigenvalue weighted by atomic mass is 16.2. The number of nitrogens with zero attached hydrogens (tertiary/aromatic N) is 1. The molecule has 24 heavy (non-hydrogen) atoms. The van der Waals surface area contributed by atoms with E-state index in [0.717, 1.165) is 24.5 Å². The van der Waals surface area contributed by atoms with Crippen LogP contribution < -0.4 is 16.0 Å². The highest BCUT2D eigenvalue weighted by Gasteiger charge is 2.16. The van der Waals surface area contributed by atoms with Gasteiger partial charge in [-0.2, -0.15) is 0 Å². The van der Waals surface area contributed by atoms with Gasteiger partial charge in [0.2, 0.25) is 5.91 Å². The second kappa shape index (κ2) is 7.17. The Bertz CT molecular complexity index is 752. The molecule has 0 bridgehead atoms. The van der Waals surface area contributed by atoms with Crippen LogP contribution in [0.4, 0.5) is 11.4 Å². The van der Waals surface area contributed by atoms with Crippen molar-refractivity contribution in [2.24, 2.45) is 5.73 Å². The smallest absolute Gasteiger partial charge is 0.255 e. The minimum atomic E-state index is -0.543. The van der Waals surface area contributed by atoms with Crippen LogP contribution in [0.1, 0.15) is 40.0 Å². The first kappa shape index (κ1) is 16.1. The van der Waals surface area contributed by atoms with Crippen molar-refractivity contribution < 1.29 is 9.59 Å². The minimum absolute atomic E-state index is 0.248. The Labute approximate surface area is 141 Å². The van der Waals surface area contributed by atoms with Crippen LogP contribution in [0.15, 0.2) is 48.5 Å². The van der Waals surface area contributed by atoms with Crippen molar-refractivity contribution in [1.82, 2.24) is 0 Å². The molecule has 5 nitrogen and oxygen atoms in total. The predicted molar refractivity (Wildman–Crippen MR) is 95.4 cm³/mol. The molecule has 1 fully saturated rings. The Balaban J connectivity index is 1.82. The third-order valence-corrected chi connectivity index (χ3v) is 4.26. The number of hydrogen-bond donors (Lipinski definition) is 2. The van der Waals surface area contributed by atoms with Gasteiger partial charge in [0.25, 0.3) is 5.91 Å².